The number of fused-ring (bicyclic) bond motifs is 1. The molecule has 7 heteroatoms. The Bertz CT molecular complexity index is 787. The van der Waals surface area contributed by atoms with Crippen molar-refractivity contribution in [1.29, 1.82) is 0 Å². The van der Waals surface area contributed by atoms with Gasteiger partial charge in [0, 0.05) is 9.90 Å². The summed E-state index contributed by atoms with van der Waals surface area (Å²) in [5, 5.41) is 3.83. The van der Waals surface area contributed by atoms with Gasteiger partial charge in [-0.25, -0.2) is 4.79 Å². The van der Waals surface area contributed by atoms with Crippen molar-refractivity contribution in [3.05, 3.63) is 45.3 Å². The third kappa shape index (κ3) is 3.55. The quantitative estimate of drug-likeness (QED) is 0.820. The van der Waals surface area contributed by atoms with Crippen LogP contribution < -0.4 is 10.1 Å². The minimum atomic E-state index is -0.416. The van der Waals surface area contributed by atoms with E-state index in [9.17, 15) is 9.59 Å². The number of hydrogen-bond acceptors (Lipinski definition) is 5. The zero-order valence-electron chi connectivity index (χ0n) is 13.1. The number of methoxy groups -OCH3 is 1. The van der Waals surface area contributed by atoms with Crippen molar-refractivity contribution in [3.63, 3.8) is 0 Å². The van der Waals surface area contributed by atoms with E-state index in [1.165, 1.54) is 18.4 Å². The standard InChI is InChI=1S/C17H16ClNO4S/c1-22-17(21)15-12-6-3-7-13(12)24-16(15)19-14(20)9-23-11-5-2-4-10(18)8-11/h2,4-5,8H,3,6-7,9H2,1H3,(H,19,20). The number of halogens is 1. The van der Waals surface area contributed by atoms with Crippen LogP contribution in [0.25, 0.3) is 0 Å². The molecule has 0 spiro atoms. The van der Waals surface area contributed by atoms with Gasteiger partial charge in [0.05, 0.1) is 12.7 Å². The molecule has 126 valence electrons. The summed E-state index contributed by atoms with van der Waals surface area (Å²) in [5.41, 5.74) is 1.48. The summed E-state index contributed by atoms with van der Waals surface area (Å²) in [7, 11) is 1.34. The van der Waals surface area contributed by atoms with Gasteiger partial charge in [0.25, 0.3) is 5.91 Å². The molecule has 1 heterocycles. The van der Waals surface area contributed by atoms with E-state index in [1.54, 1.807) is 24.3 Å². The van der Waals surface area contributed by atoms with Gasteiger partial charge in [-0.3, -0.25) is 4.79 Å². The van der Waals surface area contributed by atoms with Gasteiger partial charge in [0.2, 0.25) is 0 Å². The molecule has 0 fully saturated rings. The minimum Gasteiger partial charge on any atom is -0.484 e. The number of aryl methyl sites for hydroxylation is 1. The van der Waals surface area contributed by atoms with Gasteiger partial charge in [-0.15, -0.1) is 11.3 Å². The van der Waals surface area contributed by atoms with Crippen molar-refractivity contribution in [3.8, 4) is 5.75 Å². The van der Waals surface area contributed by atoms with Gasteiger partial charge in [-0.2, -0.15) is 0 Å². The molecule has 5 nitrogen and oxygen atoms in total. The Morgan fingerprint density at radius 3 is 2.92 bits per heavy atom. The summed E-state index contributed by atoms with van der Waals surface area (Å²) >= 11 is 7.31. The van der Waals surface area contributed by atoms with E-state index in [1.807, 2.05) is 0 Å². The smallest absolute Gasteiger partial charge is 0.341 e. The fourth-order valence-corrected chi connectivity index (χ4v) is 4.15. The lowest BCUT2D eigenvalue weighted by Gasteiger charge is -2.08. The number of anilines is 1. The molecule has 0 bridgehead atoms. The first-order valence-electron chi connectivity index (χ1n) is 7.49. The summed E-state index contributed by atoms with van der Waals surface area (Å²) in [6, 6.07) is 6.83. The van der Waals surface area contributed by atoms with Crippen LogP contribution in [0.1, 0.15) is 27.2 Å². The predicted molar refractivity (Wildman–Crippen MR) is 93.3 cm³/mol. The maximum Gasteiger partial charge on any atom is 0.341 e. The van der Waals surface area contributed by atoms with Gasteiger partial charge in [-0.05, 0) is 43.0 Å². The van der Waals surface area contributed by atoms with Gasteiger partial charge in [0.15, 0.2) is 6.61 Å². The molecule has 1 amide bonds. The van der Waals surface area contributed by atoms with Crippen LogP contribution in [0.3, 0.4) is 0 Å². The third-order valence-electron chi connectivity index (χ3n) is 3.73. The second kappa shape index (κ2) is 7.23. The number of esters is 1. The van der Waals surface area contributed by atoms with Gasteiger partial charge >= 0.3 is 5.97 Å². The number of benzene rings is 1. The summed E-state index contributed by atoms with van der Waals surface area (Å²) in [4.78, 5) is 25.3. The molecule has 3 rings (SSSR count). The average molecular weight is 366 g/mol. The van der Waals surface area contributed by atoms with Gasteiger partial charge in [0.1, 0.15) is 10.8 Å². The van der Waals surface area contributed by atoms with Crippen LogP contribution in [0.4, 0.5) is 5.00 Å². The Morgan fingerprint density at radius 2 is 2.17 bits per heavy atom. The Hall–Kier alpha value is -2.05. The van der Waals surface area contributed by atoms with Crippen LogP contribution in [0.15, 0.2) is 24.3 Å². The monoisotopic (exact) mass is 365 g/mol. The number of thiophene rings is 1. The molecule has 1 aliphatic rings. The Kier molecular flexibility index (Phi) is 5.06. The molecule has 1 aliphatic carbocycles. The molecular formula is C17H16ClNO4S. The highest BCUT2D eigenvalue weighted by Gasteiger charge is 2.28. The van der Waals surface area contributed by atoms with Crippen LogP contribution in [0.5, 0.6) is 5.75 Å². The zero-order chi connectivity index (χ0) is 17.1. The highest BCUT2D eigenvalue weighted by atomic mass is 35.5. The Morgan fingerprint density at radius 1 is 1.33 bits per heavy atom. The van der Waals surface area contributed by atoms with Crippen molar-refractivity contribution in [2.75, 3.05) is 19.0 Å². The van der Waals surface area contributed by atoms with Crippen molar-refractivity contribution >= 4 is 39.8 Å². The van der Waals surface area contributed by atoms with Crippen LogP contribution in [-0.2, 0) is 22.4 Å². The summed E-state index contributed by atoms with van der Waals surface area (Å²) in [5.74, 6) is -0.236. The molecule has 0 aliphatic heterocycles. The van der Waals surface area contributed by atoms with Gasteiger partial charge < -0.3 is 14.8 Å². The van der Waals surface area contributed by atoms with Crippen molar-refractivity contribution in [2.24, 2.45) is 0 Å². The molecule has 1 N–H and O–H groups in total. The normalized spacial score (nSPS) is 12.6. The van der Waals surface area contributed by atoms with Crippen LogP contribution in [0, 0.1) is 0 Å². The molecule has 0 atom stereocenters. The first-order chi connectivity index (χ1) is 11.6. The number of hydrogen-bond donors (Lipinski definition) is 1. The topological polar surface area (TPSA) is 64.6 Å². The molecule has 2 aromatic rings. The van der Waals surface area contributed by atoms with E-state index in [4.69, 9.17) is 21.1 Å². The second-order valence-corrected chi connectivity index (χ2v) is 6.89. The number of amides is 1. The largest absolute Gasteiger partial charge is 0.484 e. The first-order valence-corrected chi connectivity index (χ1v) is 8.69. The van der Waals surface area contributed by atoms with E-state index < -0.39 is 5.97 Å². The lowest BCUT2D eigenvalue weighted by atomic mass is 10.1. The van der Waals surface area contributed by atoms with E-state index >= 15 is 0 Å². The highest BCUT2D eigenvalue weighted by Crippen LogP contribution is 2.39. The Labute approximate surface area is 148 Å². The number of carbonyl (C=O) groups excluding carboxylic acids is 2. The van der Waals surface area contributed by atoms with E-state index in [-0.39, 0.29) is 12.5 Å². The SMILES string of the molecule is COC(=O)c1c(NC(=O)COc2cccc(Cl)c2)sc2c1CCC2. The van der Waals surface area contributed by atoms with Crippen LogP contribution in [-0.4, -0.2) is 25.6 Å². The van der Waals surface area contributed by atoms with Crippen LogP contribution >= 0.6 is 22.9 Å². The summed E-state index contributed by atoms with van der Waals surface area (Å²) in [6.07, 6.45) is 2.79. The van der Waals surface area contributed by atoms with E-state index in [2.05, 4.69) is 5.32 Å². The summed E-state index contributed by atoms with van der Waals surface area (Å²) < 4.78 is 10.3. The van der Waals surface area contributed by atoms with Crippen molar-refractivity contribution in [2.45, 2.75) is 19.3 Å². The van der Waals surface area contributed by atoms with E-state index in [0.717, 1.165) is 29.7 Å². The molecule has 0 unspecified atom stereocenters. The minimum absolute atomic E-state index is 0.163. The fraction of sp³-hybridized carbons (Fsp3) is 0.294. The fourth-order valence-electron chi connectivity index (χ4n) is 2.68. The Balaban J connectivity index is 1.69. The first kappa shape index (κ1) is 16.8. The molecular weight excluding hydrogens is 350 g/mol. The van der Waals surface area contributed by atoms with Crippen molar-refractivity contribution in [1.82, 2.24) is 0 Å². The number of nitrogens with one attached hydrogen (secondary N) is 1. The number of ether oxygens (including phenoxy) is 2. The zero-order valence-corrected chi connectivity index (χ0v) is 14.6. The lowest BCUT2D eigenvalue weighted by Crippen LogP contribution is -2.21. The second-order valence-electron chi connectivity index (χ2n) is 5.35. The van der Waals surface area contributed by atoms with Crippen molar-refractivity contribution < 1.29 is 19.1 Å². The molecule has 24 heavy (non-hydrogen) atoms. The highest BCUT2D eigenvalue weighted by molar-refractivity contribution is 7.17. The number of rotatable bonds is 5. The predicted octanol–water partition coefficient (Wildman–Crippen LogP) is 3.69. The third-order valence-corrected chi connectivity index (χ3v) is 5.17. The molecule has 0 saturated heterocycles. The molecule has 1 aromatic heterocycles. The maximum absolute atomic E-state index is 12.1. The summed E-state index contributed by atoms with van der Waals surface area (Å²) in [6.45, 7) is -0.163. The molecule has 0 saturated carbocycles. The lowest BCUT2D eigenvalue weighted by molar-refractivity contribution is -0.118. The maximum atomic E-state index is 12.1. The molecule has 1 aromatic carbocycles. The van der Waals surface area contributed by atoms with E-state index in [0.29, 0.717) is 21.3 Å². The van der Waals surface area contributed by atoms with Crippen LogP contribution in [0.2, 0.25) is 5.02 Å². The average Bonchev–Trinajstić information content (AvgIpc) is 3.13. The number of carbonyl (C=O) groups is 2. The van der Waals surface area contributed by atoms with Gasteiger partial charge in [-0.1, -0.05) is 17.7 Å². The molecule has 0 radical (unpaired) electrons.